The monoisotopic (exact) mass is 563 g/mol. The fourth-order valence-corrected chi connectivity index (χ4v) is 6.01. The molecule has 1 amide bonds. The summed E-state index contributed by atoms with van der Waals surface area (Å²) >= 11 is 6.80. The van der Waals surface area contributed by atoms with Crippen LogP contribution in [0.4, 0.5) is 10.5 Å². The lowest BCUT2D eigenvalue weighted by Crippen LogP contribution is -2.60. The zero-order valence-electron chi connectivity index (χ0n) is 23.4. The molecule has 8 nitrogen and oxygen atoms in total. The fraction of sp³-hybridized carbons (Fsp3) is 0.467. The molecular weight excluding hydrogens is 529 g/mol. The molecule has 10 heteroatoms. The van der Waals surface area contributed by atoms with Crippen molar-refractivity contribution in [2.75, 3.05) is 31.1 Å². The maximum absolute atomic E-state index is 13.0. The smallest absolute Gasteiger partial charge is 0.445 e. The average Bonchev–Trinajstić information content (AvgIpc) is 3.17. The molecule has 3 aromatic rings. The first-order valence-electron chi connectivity index (χ1n) is 13.9. The number of morpholine rings is 1. The van der Waals surface area contributed by atoms with Gasteiger partial charge < -0.3 is 28.6 Å². The van der Waals surface area contributed by atoms with Crippen LogP contribution < -0.4 is 10.4 Å². The number of anilines is 1. The summed E-state index contributed by atoms with van der Waals surface area (Å²) in [5.41, 5.74) is 2.78. The standard InChI is InChI=1S/C30H35BClN3O5/c1-29(2)30(3,4)40-31(39-29)21-10-11-24-22(16-21)27(23(32)17-33-24)34-13-12-25-26(18-34)37-15-14-35(25)28(36)38-19-20-8-6-5-7-9-20/h5-11,16-17,25-26H,12-15,18-19H2,1-4H3/t25-,26-/m0/s1. The molecule has 0 saturated carbocycles. The lowest BCUT2D eigenvalue weighted by Gasteiger charge is -2.47. The van der Waals surface area contributed by atoms with Gasteiger partial charge in [0.05, 0.1) is 46.2 Å². The summed E-state index contributed by atoms with van der Waals surface area (Å²) in [5.74, 6) is 0. The fourth-order valence-electron chi connectivity index (χ4n) is 5.74. The Hall–Kier alpha value is -2.85. The van der Waals surface area contributed by atoms with E-state index in [1.807, 2.05) is 75.1 Å². The van der Waals surface area contributed by atoms with Gasteiger partial charge in [-0.25, -0.2) is 4.79 Å². The molecule has 2 aromatic carbocycles. The van der Waals surface area contributed by atoms with Crippen molar-refractivity contribution in [3.05, 3.63) is 65.3 Å². The third-order valence-corrected chi connectivity index (χ3v) is 8.97. The number of halogens is 1. The number of ether oxygens (including phenoxy) is 2. The molecular formula is C30H35BClN3O5. The largest absolute Gasteiger partial charge is 0.494 e. The van der Waals surface area contributed by atoms with Crippen molar-refractivity contribution in [1.82, 2.24) is 9.88 Å². The normalized spacial score (nSPS) is 23.8. The second kappa shape index (κ2) is 10.5. The first-order valence-corrected chi connectivity index (χ1v) is 14.3. The molecule has 2 atom stereocenters. The highest BCUT2D eigenvalue weighted by Gasteiger charge is 2.51. The maximum atomic E-state index is 13.0. The zero-order chi connectivity index (χ0) is 28.1. The van der Waals surface area contributed by atoms with Crippen LogP contribution in [0.25, 0.3) is 10.9 Å². The van der Waals surface area contributed by atoms with Gasteiger partial charge in [-0.1, -0.05) is 54.1 Å². The van der Waals surface area contributed by atoms with Gasteiger partial charge in [-0.2, -0.15) is 0 Å². The molecule has 40 heavy (non-hydrogen) atoms. The zero-order valence-corrected chi connectivity index (χ0v) is 24.2. The molecule has 6 rings (SSSR count). The van der Waals surface area contributed by atoms with Crippen LogP contribution in [0.1, 0.15) is 39.7 Å². The highest BCUT2D eigenvalue weighted by atomic mass is 35.5. The summed E-state index contributed by atoms with van der Waals surface area (Å²) in [4.78, 5) is 21.7. The number of pyridine rings is 1. The van der Waals surface area contributed by atoms with Crippen LogP contribution in [0.5, 0.6) is 0 Å². The van der Waals surface area contributed by atoms with Crippen LogP contribution in [0.3, 0.4) is 0 Å². The minimum absolute atomic E-state index is 0.0551. The number of nitrogens with zero attached hydrogens (tertiary/aromatic N) is 3. The summed E-state index contributed by atoms with van der Waals surface area (Å²) in [7, 11) is -0.482. The number of rotatable bonds is 4. The van der Waals surface area contributed by atoms with Gasteiger partial charge in [0.25, 0.3) is 0 Å². The van der Waals surface area contributed by atoms with Gasteiger partial charge in [0.1, 0.15) is 6.61 Å². The molecule has 210 valence electrons. The average molecular weight is 564 g/mol. The molecule has 3 fully saturated rings. The van der Waals surface area contributed by atoms with Crippen LogP contribution in [-0.2, 0) is 25.4 Å². The molecule has 0 aliphatic carbocycles. The summed E-state index contributed by atoms with van der Waals surface area (Å²) < 4.78 is 24.5. The van der Waals surface area contributed by atoms with Gasteiger partial charge in [0.2, 0.25) is 0 Å². The molecule has 4 heterocycles. The Morgan fingerprint density at radius 1 is 1.10 bits per heavy atom. The van der Waals surface area contributed by atoms with Crippen molar-refractivity contribution in [1.29, 1.82) is 0 Å². The molecule has 3 saturated heterocycles. The Morgan fingerprint density at radius 2 is 1.85 bits per heavy atom. The van der Waals surface area contributed by atoms with Crippen molar-refractivity contribution < 1.29 is 23.6 Å². The third-order valence-electron chi connectivity index (χ3n) is 8.69. The van der Waals surface area contributed by atoms with Crippen LogP contribution in [0.2, 0.25) is 5.02 Å². The number of hydrogen-bond donors (Lipinski definition) is 0. The number of aromatic nitrogens is 1. The van der Waals surface area contributed by atoms with E-state index in [-0.39, 0.29) is 24.8 Å². The third kappa shape index (κ3) is 5.05. The van der Waals surface area contributed by atoms with Gasteiger partial charge in [0.15, 0.2) is 0 Å². The summed E-state index contributed by atoms with van der Waals surface area (Å²) in [6.45, 7) is 10.8. The minimum atomic E-state index is -0.482. The molecule has 0 bridgehead atoms. The highest BCUT2D eigenvalue weighted by Crippen LogP contribution is 2.39. The van der Waals surface area contributed by atoms with E-state index in [0.717, 1.165) is 34.0 Å². The van der Waals surface area contributed by atoms with E-state index in [9.17, 15) is 4.79 Å². The number of piperidine rings is 1. The quantitative estimate of drug-likeness (QED) is 0.422. The molecule has 0 spiro atoms. The molecule has 0 radical (unpaired) electrons. The molecule has 0 unspecified atom stereocenters. The van der Waals surface area contributed by atoms with Crippen molar-refractivity contribution in [3.8, 4) is 0 Å². The summed E-state index contributed by atoms with van der Waals surface area (Å²) in [6.07, 6.45) is 1.99. The number of hydrogen-bond acceptors (Lipinski definition) is 7. The predicted octanol–water partition coefficient (Wildman–Crippen LogP) is 4.80. The van der Waals surface area contributed by atoms with E-state index < -0.39 is 18.3 Å². The van der Waals surface area contributed by atoms with E-state index >= 15 is 0 Å². The van der Waals surface area contributed by atoms with Gasteiger partial charge >= 0.3 is 13.2 Å². The Kier molecular flexibility index (Phi) is 7.19. The molecule has 1 aromatic heterocycles. The lowest BCUT2D eigenvalue weighted by molar-refractivity contribution is -0.0709. The second-order valence-electron chi connectivity index (χ2n) is 11.8. The van der Waals surface area contributed by atoms with E-state index in [1.165, 1.54) is 0 Å². The predicted molar refractivity (Wildman–Crippen MR) is 156 cm³/mol. The van der Waals surface area contributed by atoms with Crippen molar-refractivity contribution >= 4 is 46.9 Å². The van der Waals surface area contributed by atoms with E-state index in [4.69, 9.17) is 30.4 Å². The molecule has 3 aliphatic heterocycles. The van der Waals surface area contributed by atoms with E-state index in [0.29, 0.717) is 31.3 Å². The van der Waals surface area contributed by atoms with Crippen molar-refractivity contribution in [3.63, 3.8) is 0 Å². The summed E-state index contributed by atoms with van der Waals surface area (Å²) in [6, 6.07) is 15.7. The summed E-state index contributed by atoms with van der Waals surface area (Å²) in [5, 5.41) is 1.51. The van der Waals surface area contributed by atoms with Crippen molar-refractivity contribution in [2.45, 2.75) is 64.1 Å². The number of benzene rings is 2. The maximum Gasteiger partial charge on any atom is 0.494 e. The second-order valence-corrected chi connectivity index (χ2v) is 12.2. The Labute approximate surface area is 240 Å². The number of amides is 1. The van der Waals surface area contributed by atoms with Gasteiger partial charge in [-0.05, 0) is 51.2 Å². The first-order chi connectivity index (χ1) is 19.1. The lowest BCUT2D eigenvalue weighted by atomic mass is 9.78. The molecule has 0 N–H and O–H groups in total. The van der Waals surface area contributed by atoms with Gasteiger partial charge in [-0.15, -0.1) is 0 Å². The van der Waals surface area contributed by atoms with E-state index in [1.54, 1.807) is 6.20 Å². The topological polar surface area (TPSA) is 73.4 Å². The SMILES string of the molecule is CC1(C)OB(c2ccc3ncc(Cl)c(N4CC[C@H]5[C@H](C4)OCCN5C(=O)OCc4ccccc4)c3c2)OC1(C)C. The first kappa shape index (κ1) is 27.3. The molecule has 3 aliphatic rings. The van der Waals surface area contributed by atoms with Gasteiger partial charge in [0, 0.05) is 31.2 Å². The van der Waals surface area contributed by atoms with Crippen LogP contribution >= 0.6 is 11.6 Å². The Balaban J connectivity index is 1.21. The minimum Gasteiger partial charge on any atom is -0.445 e. The van der Waals surface area contributed by atoms with Gasteiger partial charge in [-0.3, -0.25) is 4.98 Å². The Bertz CT molecular complexity index is 1390. The van der Waals surface area contributed by atoms with Crippen LogP contribution in [-0.4, -0.2) is 72.7 Å². The van der Waals surface area contributed by atoms with E-state index in [2.05, 4.69) is 16.0 Å². The highest BCUT2D eigenvalue weighted by molar-refractivity contribution is 6.62. The number of carbonyl (C=O) groups is 1. The number of carbonyl (C=O) groups excluding carboxylic acids is 1. The number of fused-ring (bicyclic) bond motifs is 2. The van der Waals surface area contributed by atoms with Crippen LogP contribution in [0, 0.1) is 0 Å². The van der Waals surface area contributed by atoms with Crippen LogP contribution in [0.15, 0.2) is 54.7 Å². The van der Waals surface area contributed by atoms with Crippen molar-refractivity contribution in [2.24, 2.45) is 0 Å². The Morgan fingerprint density at radius 3 is 2.60 bits per heavy atom.